The topological polar surface area (TPSA) is 94.5 Å². The van der Waals surface area contributed by atoms with E-state index in [-0.39, 0.29) is 17.6 Å². The van der Waals surface area contributed by atoms with Crippen LogP contribution >= 0.6 is 0 Å². The average Bonchev–Trinajstić information content (AvgIpc) is 3.08. The Morgan fingerprint density at radius 1 is 1.00 bits per heavy atom. The van der Waals surface area contributed by atoms with E-state index in [9.17, 15) is 13.2 Å². The summed E-state index contributed by atoms with van der Waals surface area (Å²) < 4.78 is 40.0. The van der Waals surface area contributed by atoms with Crippen molar-refractivity contribution in [1.82, 2.24) is 24.7 Å². The number of nitrogens with two attached hydrogens (primary N) is 1. The second kappa shape index (κ2) is 7.04. The third-order valence-electron chi connectivity index (χ3n) is 4.32. The molecule has 7 nitrogen and oxygen atoms in total. The first-order valence-corrected chi connectivity index (χ1v) is 8.78. The summed E-state index contributed by atoms with van der Waals surface area (Å²) in [6.07, 6.45) is -3.76. The predicted octanol–water partition coefficient (Wildman–Crippen LogP) is 4.12. The van der Waals surface area contributed by atoms with Crippen LogP contribution in [0.5, 0.6) is 0 Å². The van der Waals surface area contributed by atoms with Gasteiger partial charge in [0.2, 0.25) is 0 Å². The third-order valence-corrected chi connectivity index (χ3v) is 4.32. The second-order valence-corrected chi connectivity index (χ2v) is 6.25. The maximum absolute atomic E-state index is 12.7. The average molecular weight is 399 g/mol. The number of aryl methyl sites for hydroxylation is 1. The molecule has 0 saturated carbocycles. The quantitative estimate of drug-likeness (QED) is 0.536. The molecule has 0 amide bonds. The molecule has 0 aliphatic carbocycles. The Bertz CT molecular complexity index is 1170. The molecular weight excluding hydrogens is 383 g/mol. The maximum atomic E-state index is 12.7. The molecule has 2 aromatic carbocycles. The van der Waals surface area contributed by atoms with Gasteiger partial charge in [0.25, 0.3) is 5.95 Å². The molecule has 0 aliphatic heterocycles. The summed E-state index contributed by atoms with van der Waals surface area (Å²) >= 11 is 0. The predicted molar refractivity (Wildman–Crippen MR) is 103 cm³/mol. The molecule has 0 unspecified atom stereocenters. The van der Waals surface area contributed by atoms with Gasteiger partial charge in [0.15, 0.2) is 11.6 Å². The van der Waals surface area contributed by atoms with Gasteiger partial charge in [-0.15, -0.1) is 10.2 Å². The number of imidazole rings is 1. The first-order chi connectivity index (χ1) is 13.9. The molecule has 0 spiro atoms. The molecule has 0 radical (unpaired) electrons. The summed E-state index contributed by atoms with van der Waals surface area (Å²) in [7, 11) is 0. The lowest BCUT2D eigenvalue weighted by Crippen LogP contribution is -2.11. The number of benzene rings is 2. The fraction of sp³-hybridized carbons (Fsp3) is 0.158. The molecular formula is C19H16F3N7. The van der Waals surface area contributed by atoms with E-state index in [1.54, 1.807) is 4.57 Å². The van der Waals surface area contributed by atoms with Gasteiger partial charge in [-0.1, -0.05) is 19.1 Å². The van der Waals surface area contributed by atoms with Crippen LogP contribution < -0.4 is 11.1 Å². The van der Waals surface area contributed by atoms with Crippen molar-refractivity contribution in [2.45, 2.75) is 19.5 Å². The summed E-state index contributed by atoms with van der Waals surface area (Å²) in [5.74, 6) is 1.23. The van der Waals surface area contributed by atoms with Gasteiger partial charge in [0.05, 0.1) is 16.6 Å². The van der Waals surface area contributed by atoms with E-state index < -0.39 is 11.7 Å². The zero-order valence-electron chi connectivity index (χ0n) is 15.3. The Hall–Kier alpha value is -3.69. The minimum atomic E-state index is -4.40. The second-order valence-electron chi connectivity index (χ2n) is 6.25. The van der Waals surface area contributed by atoms with Gasteiger partial charge >= 0.3 is 6.18 Å². The minimum absolute atomic E-state index is 0.0242. The summed E-state index contributed by atoms with van der Waals surface area (Å²) in [5, 5.41) is 10.9. The summed E-state index contributed by atoms with van der Waals surface area (Å²) in [6, 6.07) is 12.1. The monoisotopic (exact) mass is 399 g/mol. The largest absolute Gasteiger partial charge is 0.416 e. The van der Waals surface area contributed by atoms with Gasteiger partial charge in [-0.25, -0.2) is 4.98 Å². The van der Waals surface area contributed by atoms with Crippen molar-refractivity contribution in [1.29, 1.82) is 0 Å². The number of aromatic nitrogens is 5. The van der Waals surface area contributed by atoms with Crippen molar-refractivity contribution in [3.05, 3.63) is 59.9 Å². The van der Waals surface area contributed by atoms with Crippen LogP contribution in [0.2, 0.25) is 0 Å². The number of para-hydroxylation sites is 2. The van der Waals surface area contributed by atoms with E-state index in [0.717, 1.165) is 29.0 Å². The van der Waals surface area contributed by atoms with Crippen molar-refractivity contribution < 1.29 is 13.2 Å². The normalized spacial score (nSPS) is 11.7. The number of hydrogen-bond donors (Lipinski definition) is 2. The highest BCUT2D eigenvalue weighted by atomic mass is 19.4. The van der Waals surface area contributed by atoms with Crippen molar-refractivity contribution in [2.24, 2.45) is 0 Å². The van der Waals surface area contributed by atoms with Crippen LogP contribution in [0.1, 0.15) is 18.3 Å². The SMILES string of the molecule is CCc1nc2ccccc2n1-c1nnc(N)c(Nc2ccc(C(F)(F)F)cc2)n1. The van der Waals surface area contributed by atoms with Crippen LogP contribution in [0, 0.1) is 0 Å². The number of hydrogen-bond acceptors (Lipinski definition) is 6. The van der Waals surface area contributed by atoms with Crippen molar-refractivity contribution in [2.75, 3.05) is 11.1 Å². The lowest BCUT2D eigenvalue weighted by atomic mass is 10.2. The number of nitrogens with zero attached hydrogens (tertiary/aromatic N) is 5. The number of rotatable bonds is 4. The molecule has 4 rings (SSSR count). The van der Waals surface area contributed by atoms with Crippen LogP contribution in [-0.4, -0.2) is 24.7 Å². The summed E-state index contributed by atoms with van der Waals surface area (Å²) in [6.45, 7) is 1.96. The van der Waals surface area contributed by atoms with Gasteiger partial charge in [0, 0.05) is 12.1 Å². The molecule has 0 atom stereocenters. The molecule has 3 N–H and O–H groups in total. The first-order valence-electron chi connectivity index (χ1n) is 8.78. The smallest absolute Gasteiger partial charge is 0.379 e. The Morgan fingerprint density at radius 3 is 2.41 bits per heavy atom. The highest BCUT2D eigenvalue weighted by molar-refractivity contribution is 5.77. The van der Waals surface area contributed by atoms with Crippen LogP contribution in [0.4, 0.5) is 30.5 Å². The summed E-state index contributed by atoms with van der Waals surface area (Å²) in [4.78, 5) is 9.00. The maximum Gasteiger partial charge on any atom is 0.416 e. The Labute approximate surface area is 163 Å². The Morgan fingerprint density at radius 2 is 1.72 bits per heavy atom. The van der Waals surface area contributed by atoms with E-state index in [1.165, 1.54) is 12.1 Å². The van der Waals surface area contributed by atoms with Crippen molar-refractivity contribution in [3.8, 4) is 5.95 Å². The molecule has 0 saturated heterocycles. The van der Waals surface area contributed by atoms with Gasteiger partial charge in [-0.2, -0.15) is 18.2 Å². The van der Waals surface area contributed by atoms with Crippen LogP contribution in [0.25, 0.3) is 17.0 Å². The molecule has 29 heavy (non-hydrogen) atoms. The van der Waals surface area contributed by atoms with E-state index >= 15 is 0 Å². The lowest BCUT2D eigenvalue weighted by Gasteiger charge is -2.12. The fourth-order valence-electron chi connectivity index (χ4n) is 2.93. The van der Waals surface area contributed by atoms with Crippen LogP contribution in [-0.2, 0) is 12.6 Å². The fourth-order valence-corrected chi connectivity index (χ4v) is 2.93. The van der Waals surface area contributed by atoms with E-state index in [0.29, 0.717) is 12.1 Å². The zero-order chi connectivity index (χ0) is 20.6. The molecule has 2 heterocycles. The Balaban J connectivity index is 1.72. The molecule has 0 bridgehead atoms. The number of alkyl halides is 3. The van der Waals surface area contributed by atoms with Crippen molar-refractivity contribution >= 4 is 28.4 Å². The van der Waals surface area contributed by atoms with E-state index in [4.69, 9.17) is 5.73 Å². The molecule has 0 fully saturated rings. The van der Waals surface area contributed by atoms with E-state index in [2.05, 4.69) is 25.5 Å². The highest BCUT2D eigenvalue weighted by Crippen LogP contribution is 2.30. The third kappa shape index (κ3) is 3.56. The molecule has 4 aromatic rings. The van der Waals surface area contributed by atoms with Crippen LogP contribution in [0.3, 0.4) is 0 Å². The molecule has 148 valence electrons. The van der Waals surface area contributed by atoms with Crippen molar-refractivity contribution in [3.63, 3.8) is 0 Å². The zero-order valence-corrected chi connectivity index (χ0v) is 15.3. The van der Waals surface area contributed by atoms with E-state index in [1.807, 2.05) is 31.2 Å². The summed E-state index contributed by atoms with van der Waals surface area (Å²) in [5.41, 5.74) is 7.13. The van der Waals surface area contributed by atoms with Gasteiger partial charge < -0.3 is 11.1 Å². The standard InChI is InChI=1S/C19H16F3N7/c1-2-15-25-13-5-3-4-6-14(13)29(15)18-26-17(16(23)27-28-18)24-12-9-7-11(8-10-12)19(20,21)22/h3-10H,2H2,1H3,(H2,23,27)(H,24,26,28). The number of halogens is 3. The van der Waals surface area contributed by atoms with Crippen LogP contribution in [0.15, 0.2) is 48.5 Å². The lowest BCUT2D eigenvalue weighted by molar-refractivity contribution is -0.137. The van der Waals surface area contributed by atoms with Gasteiger partial charge in [-0.05, 0) is 36.4 Å². The molecule has 10 heteroatoms. The first kappa shape index (κ1) is 18.7. The number of anilines is 3. The number of nitrogen functional groups attached to an aromatic ring is 1. The van der Waals surface area contributed by atoms with Gasteiger partial charge in [-0.3, -0.25) is 4.57 Å². The molecule has 0 aliphatic rings. The van der Waals surface area contributed by atoms with Gasteiger partial charge in [0.1, 0.15) is 5.82 Å². The molecule has 2 aromatic heterocycles. The highest BCUT2D eigenvalue weighted by Gasteiger charge is 2.30. The minimum Gasteiger partial charge on any atom is -0.379 e. The number of fused-ring (bicyclic) bond motifs is 1. The Kier molecular flexibility index (Phi) is 4.53. The number of nitrogens with one attached hydrogen (secondary N) is 1.